The van der Waals surface area contributed by atoms with Gasteiger partial charge in [-0.3, -0.25) is 4.99 Å². The first kappa shape index (κ1) is 13.9. The van der Waals surface area contributed by atoms with Crippen molar-refractivity contribution in [2.24, 2.45) is 4.99 Å². The Morgan fingerprint density at radius 2 is 1.90 bits per heavy atom. The second-order valence-electron chi connectivity index (χ2n) is 5.65. The third kappa shape index (κ3) is 3.34. The average molecular weight is 292 g/mol. The highest BCUT2D eigenvalue weighted by molar-refractivity contribution is 8.14. The standard InChI is InChI=1S/C15H20N2O2S/c1-15(2)7-10-20-14(17-15)16-12-5-3-11(4-6-12)13-18-8-9-19-13/h3-6,13H,7-10H2,1-2H3,(H,16,17). The molecule has 1 saturated heterocycles. The van der Waals surface area contributed by atoms with E-state index >= 15 is 0 Å². The Labute approximate surface area is 123 Å². The molecule has 20 heavy (non-hydrogen) atoms. The fraction of sp³-hybridized carbons (Fsp3) is 0.533. The van der Waals surface area contributed by atoms with Crippen LogP contribution in [0.15, 0.2) is 29.3 Å². The van der Waals surface area contributed by atoms with Gasteiger partial charge in [0.1, 0.15) is 0 Å². The smallest absolute Gasteiger partial charge is 0.184 e. The van der Waals surface area contributed by atoms with Gasteiger partial charge >= 0.3 is 0 Å². The number of rotatable bonds is 2. The summed E-state index contributed by atoms with van der Waals surface area (Å²) < 4.78 is 11.0. The zero-order valence-corrected chi connectivity index (χ0v) is 12.7. The molecule has 2 aliphatic rings. The van der Waals surface area contributed by atoms with E-state index in [-0.39, 0.29) is 11.8 Å². The Balaban J connectivity index is 1.67. The number of aliphatic imine (C=N–C) groups is 1. The predicted molar refractivity (Wildman–Crippen MR) is 83.3 cm³/mol. The summed E-state index contributed by atoms with van der Waals surface area (Å²) in [6.07, 6.45) is 0.919. The molecule has 4 nitrogen and oxygen atoms in total. The van der Waals surface area contributed by atoms with Crippen molar-refractivity contribution in [3.05, 3.63) is 29.8 Å². The molecule has 0 unspecified atom stereocenters. The van der Waals surface area contributed by atoms with E-state index in [1.54, 1.807) is 11.8 Å². The van der Waals surface area contributed by atoms with Crippen molar-refractivity contribution in [2.45, 2.75) is 32.1 Å². The number of thioether (sulfide) groups is 1. The van der Waals surface area contributed by atoms with Crippen molar-refractivity contribution in [1.29, 1.82) is 0 Å². The molecule has 0 spiro atoms. The first-order chi connectivity index (χ1) is 9.62. The second kappa shape index (κ2) is 5.76. The molecule has 0 aliphatic carbocycles. The van der Waals surface area contributed by atoms with Crippen LogP contribution in [-0.4, -0.2) is 29.7 Å². The Kier molecular flexibility index (Phi) is 4.01. The molecule has 108 valence electrons. The minimum absolute atomic E-state index is 0.0407. The molecule has 2 aliphatic heterocycles. The molecule has 2 heterocycles. The van der Waals surface area contributed by atoms with Crippen LogP contribution < -0.4 is 5.32 Å². The van der Waals surface area contributed by atoms with E-state index in [4.69, 9.17) is 14.5 Å². The summed E-state index contributed by atoms with van der Waals surface area (Å²) in [6.45, 7) is 5.69. The monoisotopic (exact) mass is 292 g/mol. The Morgan fingerprint density at radius 3 is 2.55 bits per heavy atom. The zero-order valence-electron chi connectivity index (χ0n) is 11.9. The molecule has 1 aromatic rings. The van der Waals surface area contributed by atoms with Gasteiger partial charge < -0.3 is 14.8 Å². The summed E-state index contributed by atoms with van der Waals surface area (Å²) in [5, 5.41) is 4.39. The molecule has 1 fully saturated rings. The van der Waals surface area contributed by atoms with Crippen LogP contribution in [0.4, 0.5) is 5.69 Å². The summed E-state index contributed by atoms with van der Waals surface area (Å²) >= 11 is 1.78. The van der Waals surface area contributed by atoms with Crippen molar-refractivity contribution < 1.29 is 9.47 Å². The summed E-state index contributed by atoms with van der Waals surface area (Å²) in [5.74, 6) is 1.11. The Hall–Kier alpha value is -1.04. The molecule has 5 heteroatoms. The molecule has 0 atom stereocenters. The van der Waals surface area contributed by atoms with Gasteiger partial charge in [0.05, 0.1) is 18.8 Å². The van der Waals surface area contributed by atoms with Crippen molar-refractivity contribution in [3.63, 3.8) is 0 Å². The van der Waals surface area contributed by atoms with E-state index in [1.165, 1.54) is 0 Å². The topological polar surface area (TPSA) is 42.8 Å². The van der Waals surface area contributed by atoms with Crippen molar-refractivity contribution >= 4 is 22.6 Å². The van der Waals surface area contributed by atoms with Crippen LogP contribution in [0, 0.1) is 0 Å². The molecule has 0 radical (unpaired) electrons. The van der Waals surface area contributed by atoms with Crippen LogP contribution in [0.5, 0.6) is 0 Å². The highest BCUT2D eigenvalue weighted by Crippen LogP contribution is 2.28. The minimum atomic E-state index is -0.204. The van der Waals surface area contributed by atoms with Gasteiger partial charge in [-0.2, -0.15) is 0 Å². The van der Waals surface area contributed by atoms with Gasteiger partial charge in [0, 0.05) is 17.0 Å². The quantitative estimate of drug-likeness (QED) is 0.907. The zero-order chi connectivity index (χ0) is 14.0. The van der Waals surface area contributed by atoms with Gasteiger partial charge in [0.2, 0.25) is 0 Å². The lowest BCUT2D eigenvalue weighted by molar-refractivity contribution is -0.0441. The molecule has 1 N–H and O–H groups in total. The number of hydrogen-bond donors (Lipinski definition) is 1. The lowest BCUT2D eigenvalue weighted by atomic mass is 10.0. The highest BCUT2D eigenvalue weighted by Gasteiger charge is 2.22. The van der Waals surface area contributed by atoms with E-state index < -0.39 is 0 Å². The number of anilines is 1. The second-order valence-corrected chi connectivity index (χ2v) is 6.73. The Morgan fingerprint density at radius 1 is 1.20 bits per heavy atom. The molecule has 0 bridgehead atoms. The number of nitrogens with zero attached hydrogens (tertiary/aromatic N) is 1. The predicted octanol–water partition coefficient (Wildman–Crippen LogP) is 3.42. The first-order valence-corrected chi connectivity index (χ1v) is 7.94. The summed E-state index contributed by atoms with van der Waals surface area (Å²) in [5.41, 5.74) is 2.15. The third-order valence-electron chi connectivity index (χ3n) is 3.41. The summed E-state index contributed by atoms with van der Waals surface area (Å²) in [6, 6.07) is 8.17. The maximum Gasteiger partial charge on any atom is 0.184 e. The molecule has 0 aromatic heterocycles. The van der Waals surface area contributed by atoms with Crippen LogP contribution in [0.2, 0.25) is 0 Å². The largest absolute Gasteiger partial charge is 0.346 e. The van der Waals surface area contributed by atoms with Crippen molar-refractivity contribution in [3.8, 4) is 0 Å². The lowest BCUT2D eigenvalue weighted by Gasteiger charge is -2.26. The van der Waals surface area contributed by atoms with Crippen LogP contribution >= 0.6 is 11.8 Å². The average Bonchev–Trinajstić information content (AvgIpc) is 2.92. The number of amidine groups is 1. The maximum absolute atomic E-state index is 5.49. The van der Waals surface area contributed by atoms with Gasteiger partial charge in [0.15, 0.2) is 11.5 Å². The number of nitrogens with one attached hydrogen (secondary N) is 1. The lowest BCUT2D eigenvalue weighted by Crippen LogP contribution is -2.27. The molecule has 0 amide bonds. The number of benzene rings is 1. The summed E-state index contributed by atoms with van der Waals surface area (Å²) in [4.78, 5) is 4.73. The number of ether oxygens (including phenoxy) is 2. The maximum atomic E-state index is 5.49. The Bertz CT molecular complexity index is 493. The fourth-order valence-corrected chi connectivity index (χ4v) is 3.52. The van der Waals surface area contributed by atoms with Gasteiger partial charge in [0.25, 0.3) is 0 Å². The molecule has 0 saturated carbocycles. The van der Waals surface area contributed by atoms with E-state index in [0.717, 1.165) is 28.6 Å². The van der Waals surface area contributed by atoms with Crippen molar-refractivity contribution in [2.75, 3.05) is 24.3 Å². The SMILES string of the molecule is CC1(C)CCSC(Nc2ccc(C3OCCO3)cc2)=N1. The first-order valence-electron chi connectivity index (χ1n) is 6.95. The van der Waals surface area contributed by atoms with Gasteiger partial charge in [-0.1, -0.05) is 23.9 Å². The van der Waals surface area contributed by atoms with Gasteiger partial charge in [-0.25, -0.2) is 0 Å². The highest BCUT2D eigenvalue weighted by atomic mass is 32.2. The van der Waals surface area contributed by atoms with Crippen LogP contribution in [0.3, 0.4) is 0 Å². The van der Waals surface area contributed by atoms with E-state index in [9.17, 15) is 0 Å². The van der Waals surface area contributed by atoms with Crippen LogP contribution in [-0.2, 0) is 9.47 Å². The summed E-state index contributed by atoms with van der Waals surface area (Å²) in [7, 11) is 0. The van der Waals surface area contributed by atoms with E-state index in [2.05, 4.69) is 19.2 Å². The molecule has 1 aromatic carbocycles. The van der Waals surface area contributed by atoms with E-state index in [0.29, 0.717) is 13.2 Å². The minimum Gasteiger partial charge on any atom is -0.346 e. The van der Waals surface area contributed by atoms with Gasteiger partial charge in [-0.05, 0) is 32.4 Å². The number of hydrogen-bond acceptors (Lipinski definition) is 5. The van der Waals surface area contributed by atoms with Gasteiger partial charge in [-0.15, -0.1) is 0 Å². The van der Waals surface area contributed by atoms with Crippen LogP contribution in [0.25, 0.3) is 0 Å². The molecule has 3 rings (SSSR count). The normalized spacial score (nSPS) is 22.6. The molecular formula is C15H20N2O2S. The third-order valence-corrected chi connectivity index (χ3v) is 4.29. The van der Waals surface area contributed by atoms with Crippen LogP contribution in [0.1, 0.15) is 32.1 Å². The fourth-order valence-electron chi connectivity index (χ4n) is 2.22. The van der Waals surface area contributed by atoms with E-state index in [1.807, 2.05) is 24.3 Å². The van der Waals surface area contributed by atoms with Crippen molar-refractivity contribution in [1.82, 2.24) is 0 Å². The molecular weight excluding hydrogens is 272 g/mol.